The number of anilines is 1. The summed E-state index contributed by atoms with van der Waals surface area (Å²) < 4.78 is 12.8. The van der Waals surface area contributed by atoms with E-state index < -0.39 is 0 Å². The number of halogens is 1. The number of hydrogen-bond acceptors (Lipinski definition) is 4. The van der Waals surface area contributed by atoms with Crippen LogP contribution in [-0.2, 0) is 0 Å². The maximum atomic E-state index is 12.8. The third kappa shape index (κ3) is 3.21. The minimum Gasteiger partial charge on any atom is -0.339 e. The van der Waals surface area contributed by atoms with Gasteiger partial charge in [0.15, 0.2) is 5.82 Å². The molecule has 2 heterocycles. The van der Waals surface area contributed by atoms with Crippen molar-refractivity contribution in [3.8, 4) is 0 Å². The monoisotopic (exact) mass is 264 g/mol. The van der Waals surface area contributed by atoms with Gasteiger partial charge >= 0.3 is 0 Å². The van der Waals surface area contributed by atoms with Crippen LogP contribution < -0.4 is 4.90 Å². The molecule has 3 rings (SSSR count). The normalized spacial score (nSPS) is 22.1. The van der Waals surface area contributed by atoms with E-state index in [1.54, 1.807) is 0 Å². The quantitative estimate of drug-likeness (QED) is 0.835. The van der Waals surface area contributed by atoms with Gasteiger partial charge in [-0.3, -0.25) is 0 Å². The molecule has 0 unspecified atom stereocenters. The highest BCUT2D eigenvalue weighted by molar-refractivity contribution is 5.28. The molecule has 0 atom stereocenters. The molecule has 1 aliphatic heterocycles. The molecular formula is C14H21FN4. The van der Waals surface area contributed by atoms with E-state index in [0.29, 0.717) is 5.95 Å². The minimum absolute atomic E-state index is 0.370. The number of hydrogen-bond donors (Lipinski definition) is 0. The smallest absolute Gasteiger partial charge is 0.225 e. The first-order chi connectivity index (χ1) is 9.31. The molecule has 0 amide bonds. The molecule has 2 aliphatic rings. The summed E-state index contributed by atoms with van der Waals surface area (Å²) in [5.74, 6) is 1.21. The van der Waals surface area contributed by atoms with Crippen molar-refractivity contribution in [2.75, 3.05) is 37.6 Å². The Hall–Kier alpha value is -1.23. The topological polar surface area (TPSA) is 32.3 Å². The van der Waals surface area contributed by atoms with Gasteiger partial charge in [-0.15, -0.1) is 0 Å². The van der Waals surface area contributed by atoms with Gasteiger partial charge in [0.2, 0.25) is 5.95 Å². The molecular weight excluding hydrogens is 243 g/mol. The van der Waals surface area contributed by atoms with Crippen molar-refractivity contribution in [2.45, 2.75) is 25.7 Å². The van der Waals surface area contributed by atoms with Gasteiger partial charge in [0.25, 0.3) is 0 Å². The van der Waals surface area contributed by atoms with Gasteiger partial charge in [0.1, 0.15) is 0 Å². The van der Waals surface area contributed by atoms with Crippen molar-refractivity contribution in [3.63, 3.8) is 0 Å². The van der Waals surface area contributed by atoms with E-state index in [1.807, 2.05) is 0 Å². The zero-order valence-electron chi connectivity index (χ0n) is 11.3. The summed E-state index contributed by atoms with van der Waals surface area (Å²) in [6.07, 6.45) is 7.85. The van der Waals surface area contributed by atoms with Gasteiger partial charge in [0, 0.05) is 26.2 Å². The van der Waals surface area contributed by atoms with E-state index in [1.165, 1.54) is 38.2 Å². The zero-order chi connectivity index (χ0) is 13.1. The fraction of sp³-hybridized carbons (Fsp3) is 0.714. The van der Waals surface area contributed by atoms with E-state index in [4.69, 9.17) is 0 Å². The van der Waals surface area contributed by atoms with Crippen LogP contribution in [0.3, 0.4) is 0 Å². The Labute approximate surface area is 113 Å². The minimum atomic E-state index is -0.370. The van der Waals surface area contributed by atoms with Crippen LogP contribution >= 0.6 is 0 Å². The molecule has 0 spiro atoms. The highest BCUT2D eigenvalue weighted by atomic mass is 19.1. The average molecular weight is 264 g/mol. The van der Waals surface area contributed by atoms with Gasteiger partial charge in [-0.05, 0) is 31.7 Å². The van der Waals surface area contributed by atoms with Crippen molar-refractivity contribution in [3.05, 3.63) is 18.2 Å². The molecule has 1 aliphatic carbocycles. The van der Waals surface area contributed by atoms with Gasteiger partial charge < -0.3 is 9.80 Å². The van der Waals surface area contributed by atoms with Crippen LogP contribution in [0.5, 0.6) is 0 Å². The van der Waals surface area contributed by atoms with E-state index in [9.17, 15) is 4.39 Å². The maximum Gasteiger partial charge on any atom is 0.225 e. The number of aromatic nitrogens is 2. The summed E-state index contributed by atoms with van der Waals surface area (Å²) in [6, 6.07) is 0. The van der Waals surface area contributed by atoms with Crippen LogP contribution in [0, 0.1) is 11.7 Å². The molecule has 1 saturated carbocycles. The predicted octanol–water partition coefficient (Wildman–Crippen LogP) is 1.93. The molecule has 5 heteroatoms. The van der Waals surface area contributed by atoms with E-state index in [2.05, 4.69) is 19.8 Å². The van der Waals surface area contributed by atoms with Gasteiger partial charge in [-0.2, -0.15) is 0 Å². The lowest BCUT2D eigenvalue weighted by molar-refractivity contribution is 0.186. The van der Waals surface area contributed by atoms with Crippen LogP contribution in [0.4, 0.5) is 10.3 Å². The second kappa shape index (κ2) is 5.82. The molecule has 1 saturated heterocycles. The number of rotatable bonds is 3. The Kier molecular flexibility index (Phi) is 3.92. The Morgan fingerprint density at radius 2 is 1.84 bits per heavy atom. The fourth-order valence-electron chi connectivity index (χ4n) is 2.86. The first-order valence-electron chi connectivity index (χ1n) is 7.26. The van der Waals surface area contributed by atoms with Crippen molar-refractivity contribution in [2.24, 2.45) is 5.92 Å². The summed E-state index contributed by atoms with van der Waals surface area (Å²) in [6.45, 7) is 5.38. The Morgan fingerprint density at radius 1 is 1.05 bits per heavy atom. The Bertz CT molecular complexity index is 404. The summed E-state index contributed by atoms with van der Waals surface area (Å²) >= 11 is 0. The van der Waals surface area contributed by atoms with Crippen molar-refractivity contribution in [1.82, 2.24) is 14.9 Å². The first-order valence-corrected chi connectivity index (χ1v) is 7.26. The summed E-state index contributed by atoms with van der Waals surface area (Å²) in [5, 5.41) is 0. The van der Waals surface area contributed by atoms with Crippen molar-refractivity contribution < 1.29 is 4.39 Å². The summed E-state index contributed by atoms with van der Waals surface area (Å²) in [5.41, 5.74) is 0. The van der Waals surface area contributed by atoms with Crippen LogP contribution in [0.15, 0.2) is 12.4 Å². The van der Waals surface area contributed by atoms with E-state index in [-0.39, 0.29) is 5.82 Å². The van der Waals surface area contributed by atoms with Crippen LogP contribution in [0.2, 0.25) is 0 Å². The van der Waals surface area contributed by atoms with Gasteiger partial charge in [0.05, 0.1) is 12.4 Å². The maximum absolute atomic E-state index is 12.8. The molecule has 2 fully saturated rings. The fourth-order valence-corrected chi connectivity index (χ4v) is 2.86. The highest BCUT2D eigenvalue weighted by Gasteiger charge is 2.23. The van der Waals surface area contributed by atoms with E-state index >= 15 is 0 Å². The Morgan fingerprint density at radius 3 is 2.53 bits per heavy atom. The van der Waals surface area contributed by atoms with Crippen LogP contribution in [0.1, 0.15) is 25.7 Å². The summed E-state index contributed by atoms with van der Waals surface area (Å²) in [4.78, 5) is 12.9. The molecule has 19 heavy (non-hydrogen) atoms. The third-order valence-electron chi connectivity index (χ3n) is 4.22. The van der Waals surface area contributed by atoms with Gasteiger partial charge in [-0.1, -0.05) is 6.42 Å². The third-order valence-corrected chi connectivity index (χ3v) is 4.22. The molecule has 104 valence electrons. The predicted molar refractivity (Wildman–Crippen MR) is 72.6 cm³/mol. The van der Waals surface area contributed by atoms with Crippen LogP contribution in [0.25, 0.3) is 0 Å². The molecule has 0 aromatic carbocycles. The second-order valence-corrected chi connectivity index (χ2v) is 5.64. The summed E-state index contributed by atoms with van der Waals surface area (Å²) in [7, 11) is 0. The molecule has 1 aromatic heterocycles. The second-order valence-electron chi connectivity index (χ2n) is 5.64. The molecule has 0 bridgehead atoms. The Balaban J connectivity index is 1.55. The standard InChI is InChI=1S/C14H21FN4/c15-13-9-16-14(17-10-13)19-6-2-5-18(7-8-19)11-12-3-1-4-12/h9-10,12H,1-8,11H2. The molecule has 1 aromatic rings. The van der Waals surface area contributed by atoms with E-state index in [0.717, 1.165) is 38.5 Å². The first kappa shape index (κ1) is 12.8. The lowest BCUT2D eigenvalue weighted by Crippen LogP contribution is -2.36. The van der Waals surface area contributed by atoms with Crippen molar-refractivity contribution >= 4 is 5.95 Å². The molecule has 4 nitrogen and oxygen atoms in total. The average Bonchev–Trinajstić information content (AvgIpc) is 2.60. The lowest BCUT2D eigenvalue weighted by Gasteiger charge is -2.31. The number of nitrogens with zero attached hydrogens (tertiary/aromatic N) is 4. The zero-order valence-corrected chi connectivity index (χ0v) is 11.3. The van der Waals surface area contributed by atoms with Gasteiger partial charge in [-0.25, -0.2) is 14.4 Å². The largest absolute Gasteiger partial charge is 0.339 e. The SMILES string of the molecule is Fc1cnc(N2CCCN(CC3CCC3)CC2)nc1. The molecule has 0 radical (unpaired) electrons. The molecule has 0 N–H and O–H groups in total. The lowest BCUT2D eigenvalue weighted by atomic mass is 9.85. The van der Waals surface area contributed by atoms with Crippen molar-refractivity contribution in [1.29, 1.82) is 0 Å². The highest BCUT2D eigenvalue weighted by Crippen LogP contribution is 2.27. The van der Waals surface area contributed by atoms with Crippen LogP contribution in [-0.4, -0.2) is 47.6 Å².